The summed E-state index contributed by atoms with van der Waals surface area (Å²) in [6, 6.07) is 12.3. The summed E-state index contributed by atoms with van der Waals surface area (Å²) in [5.41, 5.74) is 8.04. The minimum absolute atomic E-state index is 0.714. The van der Waals surface area contributed by atoms with Crippen LogP contribution in [0.15, 0.2) is 36.4 Å². The second kappa shape index (κ2) is 6.77. The van der Waals surface area contributed by atoms with Crippen molar-refractivity contribution in [1.29, 1.82) is 0 Å². The van der Waals surface area contributed by atoms with Crippen LogP contribution in [0.25, 0.3) is 20.9 Å². The fourth-order valence-corrected chi connectivity index (χ4v) is 4.55. The summed E-state index contributed by atoms with van der Waals surface area (Å²) in [5, 5.41) is 0. The van der Waals surface area contributed by atoms with Gasteiger partial charge < -0.3 is 0 Å². The number of carbonyl (C=O) groups excluding carboxylic acids is 2. The summed E-state index contributed by atoms with van der Waals surface area (Å²) in [6.45, 7) is 8.03. The first kappa shape index (κ1) is 17.3. The number of benzene rings is 2. The van der Waals surface area contributed by atoms with Gasteiger partial charge >= 0.3 is 0 Å². The molecule has 2 nitrogen and oxygen atoms in total. The van der Waals surface area contributed by atoms with E-state index in [9.17, 15) is 9.59 Å². The Morgan fingerprint density at radius 2 is 1.28 bits per heavy atom. The van der Waals surface area contributed by atoms with Crippen LogP contribution in [0.5, 0.6) is 0 Å². The molecule has 3 rings (SSSR count). The van der Waals surface area contributed by atoms with E-state index in [1.165, 1.54) is 15.3 Å². The van der Waals surface area contributed by atoms with Crippen LogP contribution in [0.4, 0.5) is 0 Å². The molecule has 0 N–H and O–H groups in total. The molecule has 3 heteroatoms. The van der Waals surface area contributed by atoms with E-state index in [1.54, 1.807) is 11.3 Å². The number of aryl methyl sites for hydroxylation is 4. The number of hydrogen-bond donors (Lipinski definition) is 0. The Morgan fingerprint density at radius 1 is 0.720 bits per heavy atom. The summed E-state index contributed by atoms with van der Waals surface area (Å²) < 4.78 is 0. The average molecular weight is 348 g/mol. The largest absolute Gasteiger partial charge is 0.298 e. The predicted molar refractivity (Wildman–Crippen MR) is 105 cm³/mol. The molecule has 3 aromatic rings. The van der Waals surface area contributed by atoms with Gasteiger partial charge in [0.05, 0.1) is 0 Å². The molecule has 0 amide bonds. The van der Waals surface area contributed by atoms with Crippen molar-refractivity contribution < 1.29 is 9.59 Å². The van der Waals surface area contributed by atoms with Gasteiger partial charge in [-0.3, -0.25) is 9.59 Å². The van der Waals surface area contributed by atoms with Crippen molar-refractivity contribution >= 4 is 23.9 Å². The van der Waals surface area contributed by atoms with Gasteiger partial charge in [-0.15, -0.1) is 11.3 Å². The van der Waals surface area contributed by atoms with Crippen LogP contribution >= 0.6 is 11.3 Å². The summed E-state index contributed by atoms with van der Waals surface area (Å²) in [4.78, 5) is 24.6. The van der Waals surface area contributed by atoms with Gasteiger partial charge in [0.15, 0.2) is 6.29 Å². The van der Waals surface area contributed by atoms with Crippen LogP contribution in [-0.4, -0.2) is 12.6 Å². The lowest BCUT2D eigenvalue weighted by Gasteiger charge is -2.09. The van der Waals surface area contributed by atoms with Gasteiger partial charge in [-0.25, -0.2) is 0 Å². The molecule has 0 unspecified atom stereocenters. The van der Waals surface area contributed by atoms with E-state index < -0.39 is 0 Å². The number of thiophene rings is 1. The summed E-state index contributed by atoms with van der Waals surface area (Å²) >= 11 is 1.74. The minimum atomic E-state index is 0.714. The molecule has 0 spiro atoms. The monoisotopic (exact) mass is 348 g/mol. The van der Waals surface area contributed by atoms with E-state index in [4.69, 9.17) is 0 Å². The average Bonchev–Trinajstić information content (AvgIpc) is 3.03. The molecule has 0 aliphatic rings. The molecule has 1 heterocycles. The molecule has 0 saturated carbocycles. The number of hydrogen-bond acceptors (Lipinski definition) is 3. The third-order valence-electron chi connectivity index (χ3n) is 4.54. The molecule has 1 aromatic heterocycles. The predicted octanol–water partition coefficient (Wildman–Crippen LogP) is 5.94. The number of carbonyl (C=O) groups is 2. The Balaban J connectivity index is 2.07. The number of aldehydes is 2. The normalized spacial score (nSPS) is 10.7. The Bertz CT molecular complexity index is 933. The Morgan fingerprint density at radius 3 is 1.80 bits per heavy atom. The first-order valence-electron chi connectivity index (χ1n) is 8.18. The van der Waals surface area contributed by atoms with Gasteiger partial charge in [0.1, 0.15) is 6.29 Å². The van der Waals surface area contributed by atoms with Crippen LogP contribution in [0, 0.1) is 27.7 Å². The van der Waals surface area contributed by atoms with E-state index >= 15 is 0 Å². The molecule has 0 bridgehead atoms. The third-order valence-corrected chi connectivity index (χ3v) is 5.69. The van der Waals surface area contributed by atoms with Gasteiger partial charge in [-0.05, 0) is 97.5 Å². The first-order valence-corrected chi connectivity index (χ1v) is 8.99. The highest BCUT2D eigenvalue weighted by atomic mass is 32.1. The Labute approximate surface area is 152 Å². The molecule has 0 saturated heterocycles. The van der Waals surface area contributed by atoms with E-state index in [-0.39, 0.29) is 0 Å². The van der Waals surface area contributed by atoms with Crippen LogP contribution < -0.4 is 0 Å². The zero-order valence-electron chi connectivity index (χ0n) is 14.8. The highest BCUT2D eigenvalue weighted by Crippen LogP contribution is 2.38. The van der Waals surface area contributed by atoms with Gasteiger partial charge in [-0.1, -0.05) is 0 Å². The number of rotatable bonds is 4. The third kappa shape index (κ3) is 3.20. The maximum Gasteiger partial charge on any atom is 0.150 e. The van der Waals surface area contributed by atoms with Crippen LogP contribution in [0.2, 0.25) is 0 Å². The van der Waals surface area contributed by atoms with Crippen molar-refractivity contribution in [3.8, 4) is 20.9 Å². The molecule has 0 radical (unpaired) electrons. The van der Waals surface area contributed by atoms with Crippen LogP contribution in [-0.2, 0) is 0 Å². The van der Waals surface area contributed by atoms with Crippen molar-refractivity contribution in [2.24, 2.45) is 0 Å². The minimum Gasteiger partial charge on any atom is -0.298 e. The first-order chi connectivity index (χ1) is 11.9. The molecule has 2 aromatic carbocycles. The van der Waals surface area contributed by atoms with E-state index in [2.05, 4.69) is 24.3 Å². The van der Waals surface area contributed by atoms with Gasteiger partial charge in [-0.2, -0.15) is 0 Å². The molecular formula is C22H20O2S. The fraction of sp³-hybridized carbons (Fsp3) is 0.182. The smallest absolute Gasteiger partial charge is 0.150 e. The Kier molecular flexibility index (Phi) is 4.69. The topological polar surface area (TPSA) is 34.1 Å². The van der Waals surface area contributed by atoms with E-state index in [0.29, 0.717) is 5.56 Å². The van der Waals surface area contributed by atoms with Gasteiger partial charge in [0.2, 0.25) is 0 Å². The lowest BCUT2D eigenvalue weighted by molar-refractivity contribution is 0.111. The van der Waals surface area contributed by atoms with Crippen molar-refractivity contribution in [2.75, 3.05) is 0 Å². The SMILES string of the molecule is Cc1cc(-c2ccc(-c3c(C)cc(C=O)cc3C)s2)cc(C)c1C=O. The fourth-order valence-electron chi connectivity index (χ4n) is 3.38. The maximum atomic E-state index is 11.2. The van der Waals surface area contributed by atoms with Gasteiger partial charge in [0.25, 0.3) is 0 Å². The van der Waals surface area contributed by atoms with Crippen molar-refractivity contribution in [3.63, 3.8) is 0 Å². The van der Waals surface area contributed by atoms with Crippen molar-refractivity contribution in [1.82, 2.24) is 0 Å². The van der Waals surface area contributed by atoms with Crippen LogP contribution in [0.1, 0.15) is 43.0 Å². The highest BCUT2D eigenvalue weighted by molar-refractivity contribution is 7.18. The second-order valence-corrected chi connectivity index (χ2v) is 7.54. The van der Waals surface area contributed by atoms with Crippen molar-refractivity contribution in [2.45, 2.75) is 27.7 Å². The molecule has 0 atom stereocenters. The molecule has 0 aliphatic heterocycles. The summed E-state index contributed by atoms with van der Waals surface area (Å²) in [7, 11) is 0. The highest BCUT2D eigenvalue weighted by Gasteiger charge is 2.12. The van der Waals surface area contributed by atoms with E-state index in [1.807, 2.05) is 39.8 Å². The zero-order chi connectivity index (χ0) is 18.1. The Hall–Kier alpha value is -2.52. The molecule has 126 valence electrons. The summed E-state index contributed by atoms with van der Waals surface area (Å²) in [5.74, 6) is 0. The van der Waals surface area contributed by atoms with Crippen LogP contribution in [0.3, 0.4) is 0 Å². The lowest BCUT2D eigenvalue weighted by atomic mass is 9.98. The molecule has 0 aliphatic carbocycles. The molecule has 25 heavy (non-hydrogen) atoms. The lowest BCUT2D eigenvalue weighted by Crippen LogP contribution is -1.92. The van der Waals surface area contributed by atoms with Crippen molar-refractivity contribution in [3.05, 3.63) is 69.8 Å². The maximum absolute atomic E-state index is 11.2. The van der Waals surface area contributed by atoms with Gasteiger partial charge in [0, 0.05) is 20.9 Å². The second-order valence-electron chi connectivity index (χ2n) is 6.45. The standard InChI is InChI=1S/C22H20O2S/c1-13-9-18(10-14(2)19(13)12-24)20-5-6-21(25-20)22-15(3)7-17(11-23)8-16(22)4/h5-12H,1-4H3. The zero-order valence-corrected chi connectivity index (χ0v) is 15.7. The summed E-state index contributed by atoms with van der Waals surface area (Å²) in [6.07, 6.45) is 1.82. The molecule has 0 fully saturated rings. The van der Waals surface area contributed by atoms with E-state index in [0.717, 1.165) is 46.0 Å². The molecular weight excluding hydrogens is 328 g/mol. The quantitative estimate of drug-likeness (QED) is 0.547.